The van der Waals surface area contributed by atoms with Crippen LogP contribution in [0.5, 0.6) is 0 Å². The molecule has 1 aliphatic rings. The Balaban J connectivity index is 0.00000264. The number of hydrogen-bond donors (Lipinski definition) is 2. The number of pyridine rings is 1. The molecule has 0 radical (unpaired) electrons. The number of aliphatic imine (C=N–C) groups is 1. The lowest BCUT2D eigenvalue weighted by Gasteiger charge is -2.34. The van der Waals surface area contributed by atoms with Crippen molar-refractivity contribution in [3.8, 4) is 0 Å². The van der Waals surface area contributed by atoms with Crippen LogP contribution in [0.15, 0.2) is 23.3 Å². The Hall–Kier alpha value is -1.38. The van der Waals surface area contributed by atoms with Gasteiger partial charge in [0.25, 0.3) is 0 Å². The number of aryl methyl sites for hydroxylation is 1. The van der Waals surface area contributed by atoms with Gasteiger partial charge in [-0.2, -0.15) is 0 Å². The molecule has 6 nitrogen and oxygen atoms in total. The number of piperidine rings is 1. The normalized spacial score (nSPS) is 18.3. The highest BCUT2D eigenvalue weighted by atomic mass is 127. The van der Waals surface area contributed by atoms with E-state index in [1.54, 1.807) is 13.2 Å². The second-order valence-electron chi connectivity index (χ2n) is 5.79. The predicted molar refractivity (Wildman–Crippen MR) is 103 cm³/mol. The highest BCUT2D eigenvalue weighted by Crippen LogP contribution is 2.19. The first kappa shape index (κ1) is 19.7. The number of nitrogens with one attached hydrogen (secondary N) is 1. The molecule has 1 saturated heterocycles. The molecule has 0 aromatic carbocycles. The molecule has 0 bridgehead atoms. The Morgan fingerprint density at radius 3 is 3.00 bits per heavy atom. The maximum Gasteiger partial charge on any atom is 0.217 e. The smallest absolute Gasteiger partial charge is 0.217 e. The van der Waals surface area contributed by atoms with Gasteiger partial charge in [0.1, 0.15) is 0 Å². The summed E-state index contributed by atoms with van der Waals surface area (Å²) in [5.41, 5.74) is 7.50. The lowest BCUT2D eigenvalue weighted by Crippen LogP contribution is -2.47. The van der Waals surface area contributed by atoms with Crippen molar-refractivity contribution in [2.45, 2.75) is 32.7 Å². The number of nitrogens with zero attached hydrogens (tertiary/aromatic N) is 3. The highest BCUT2D eigenvalue weighted by molar-refractivity contribution is 14.0. The number of carbonyl (C=O) groups excluding carboxylic acids is 1. The first-order valence-electron chi connectivity index (χ1n) is 7.74. The fourth-order valence-electron chi connectivity index (χ4n) is 2.91. The van der Waals surface area contributed by atoms with Crippen LogP contribution < -0.4 is 11.1 Å². The van der Waals surface area contributed by atoms with Crippen molar-refractivity contribution < 1.29 is 4.79 Å². The number of carbonyl (C=O) groups is 1. The lowest BCUT2D eigenvalue weighted by molar-refractivity contribution is -0.119. The number of rotatable bonds is 4. The second-order valence-corrected chi connectivity index (χ2v) is 5.79. The summed E-state index contributed by atoms with van der Waals surface area (Å²) in [5, 5.41) is 3.37. The topological polar surface area (TPSA) is 83.6 Å². The minimum atomic E-state index is -0.223. The quantitative estimate of drug-likeness (QED) is 0.432. The van der Waals surface area contributed by atoms with E-state index in [4.69, 9.17) is 5.73 Å². The number of aromatic nitrogens is 1. The minimum absolute atomic E-state index is 0. The van der Waals surface area contributed by atoms with Crippen LogP contribution in [0.4, 0.5) is 0 Å². The van der Waals surface area contributed by atoms with Gasteiger partial charge in [-0.05, 0) is 37.3 Å². The molecule has 1 amide bonds. The molecule has 128 valence electrons. The minimum Gasteiger partial charge on any atom is -0.370 e. The van der Waals surface area contributed by atoms with Crippen molar-refractivity contribution in [1.29, 1.82) is 0 Å². The number of guanidine groups is 1. The zero-order valence-corrected chi connectivity index (χ0v) is 16.1. The third-order valence-corrected chi connectivity index (χ3v) is 4.05. The summed E-state index contributed by atoms with van der Waals surface area (Å²) < 4.78 is 0. The number of amides is 1. The van der Waals surface area contributed by atoms with E-state index in [0.29, 0.717) is 18.9 Å². The van der Waals surface area contributed by atoms with Gasteiger partial charge in [0.05, 0.1) is 12.2 Å². The maximum absolute atomic E-state index is 11.1. The molecule has 0 saturated carbocycles. The fourth-order valence-corrected chi connectivity index (χ4v) is 2.91. The summed E-state index contributed by atoms with van der Waals surface area (Å²) in [6.07, 6.45) is 4.36. The van der Waals surface area contributed by atoms with Crippen LogP contribution in [0.1, 0.15) is 30.5 Å². The monoisotopic (exact) mass is 431 g/mol. The zero-order valence-electron chi connectivity index (χ0n) is 13.8. The van der Waals surface area contributed by atoms with Crippen LogP contribution in [-0.2, 0) is 11.3 Å². The van der Waals surface area contributed by atoms with Gasteiger partial charge in [-0.25, -0.2) is 0 Å². The van der Waals surface area contributed by atoms with E-state index in [2.05, 4.69) is 33.2 Å². The molecular formula is C16H26IN5O. The van der Waals surface area contributed by atoms with Crippen molar-refractivity contribution in [2.75, 3.05) is 20.1 Å². The standard InChI is InChI=1S/C16H25N5O.HI/c1-12-5-3-7-19-14(12)10-20-16(18-2)21-8-4-6-13(11-21)9-15(17)22;/h3,5,7,13H,4,6,8-11H2,1-2H3,(H2,17,22)(H,18,20);1H. The number of likely N-dealkylation sites (tertiary alicyclic amines) is 1. The van der Waals surface area contributed by atoms with E-state index >= 15 is 0 Å². The van der Waals surface area contributed by atoms with Crippen molar-refractivity contribution in [1.82, 2.24) is 15.2 Å². The summed E-state index contributed by atoms with van der Waals surface area (Å²) in [7, 11) is 1.78. The van der Waals surface area contributed by atoms with Gasteiger partial charge in [0.2, 0.25) is 5.91 Å². The predicted octanol–water partition coefficient (Wildman–Crippen LogP) is 1.67. The Labute approximate surface area is 155 Å². The summed E-state index contributed by atoms with van der Waals surface area (Å²) in [6.45, 7) is 4.48. The molecule has 1 atom stereocenters. The molecule has 1 aromatic heterocycles. The Kier molecular flexibility index (Phi) is 8.29. The van der Waals surface area contributed by atoms with Gasteiger partial charge in [0, 0.05) is 32.8 Å². The van der Waals surface area contributed by atoms with Gasteiger partial charge in [0.15, 0.2) is 5.96 Å². The molecule has 7 heteroatoms. The van der Waals surface area contributed by atoms with Gasteiger partial charge in [-0.3, -0.25) is 14.8 Å². The first-order chi connectivity index (χ1) is 10.6. The van der Waals surface area contributed by atoms with Crippen LogP contribution in [0.25, 0.3) is 0 Å². The molecule has 2 heterocycles. The van der Waals surface area contributed by atoms with E-state index in [1.165, 1.54) is 0 Å². The molecule has 0 aliphatic carbocycles. The molecule has 1 aliphatic heterocycles. The van der Waals surface area contributed by atoms with Crippen LogP contribution in [0, 0.1) is 12.8 Å². The Bertz CT molecular complexity index is 549. The molecule has 0 spiro atoms. The van der Waals surface area contributed by atoms with Gasteiger partial charge < -0.3 is 16.0 Å². The van der Waals surface area contributed by atoms with Crippen molar-refractivity contribution in [3.05, 3.63) is 29.6 Å². The molecule has 2 rings (SSSR count). The molecule has 1 aromatic rings. The number of nitrogens with two attached hydrogens (primary N) is 1. The summed E-state index contributed by atoms with van der Waals surface area (Å²) in [5.74, 6) is 0.958. The number of hydrogen-bond acceptors (Lipinski definition) is 3. The van der Waals surface area contributed by atoms with Gasteiger partial charge in [-0.1, -0.05) is 6.07 Å². The largest absolute Gasteiger partial charge is 0.370 e. The van der Waals surface area contributed by atoms with Crippen molar-refractivity contribution in [3.63, 3.8) is 0 Å². The van der Waals surface area contributed by atoms with Gasteiger partial charge in [-0.15, -0.1) is 24.0 Å². The van der Waals surface area contributed by atoms with Crippen molar-refractivity contribution >= 4 is 35.8 Å². The fraction of sp³-hybridized carbons (Fsp3) is 0.562. The summed E-state index contributed by atoms with van der Waals surface area (Å²) in [4.78, 5) is 22.1. The van der Waals surface area contributed by atoms with E-state index in [9.17, 15) is 4.79 Å². The highest BCUT2D eigenvalue weighted by Gasteiger charge is 2.23. The molecule has 1 fully saturated rings. The van der Waals surface area contributed by atoms with Crippen LogP contribution >= 0.6 is 24.0 Å². The Morgan fingerprint density at radius 1 is 1.57 bits per heavy atom. The van der Waals surface area contributed by atoms with Crippen LogP contribution in [-0.4, -0.2) is 41.9 Å². The summed E-state index contributed by atoms with van der Waals surface area (Å²) >= 11 is 0. The molecule has 3 N–H and O–H groups in total. The number of halogens is 1. The third-order valence-electron chi connectivity index (χ3n) is 4.05. The SMILES string of the molecule is CN=C(NCc1ncccc1C)N1CCCC(CC(N)=O)C1.I. The lowest BCUT2D eigenvalue weighted by atomic mass is 9.95. The molecule has 23 heavy (non-hydrogen) atoms. The number of primary amides is 1. The van der Waals surface area contributed by atoms with Crippen LogP contribution in [0.2, 0.25) is 0 Å². The third kappa shape index (κ3) is 5.96. The van der Waals surface area contributed by atoms with E-state index in [0.717, 1.165) is 43.1 Å². The molecular weight excluding hydrogens is 405 g/mol. The first-order valence-corrected chi connectivity index (χ1v) is 7.74. The van der Waals surface area contributed by atoms with Crippen LogP contribution in [0.3, 0.4) is 0 Å². The van der Waals surface area contributed by atoms with E-state index in [1.807, 2.05) is 6.07 Å². The second kappa shape index (κ2) is 9.69. The van der Waals surface area contributed by atoms with Gasteiger partial charge >= 0.3 is 0 Å². The average molecular weight is 431 g/mol. The van der Waals surface area contributed by atoms with E-state index in [-0.39, 0.29) is 29.9 Å². The molecule has 1 unspecified atom stereocenters. The Morgan fingerprint density at radius 2 is 2.35 bits per heavy atom. The van der Waals surface area contributed by atoms with Crippen molar-refractivity contribution in [2.24, 2.45) is 16.6 Å². The van der Waals surface area contributed by atoms with E-state index < -0.39 is 0 Å². The maximum atomic E-state index is 11.1. The summed E-state index contributed by atoms with van der Waals surface area (Å²) in [6, 6.07) is 3.99. The zero-order chi connectivity index (χ0) is 15.9. The average Bonchev–Trinajstić information content (AvgIpc) is 2.49.